The fourth-order valence-electron chi connectivity index (χ4n) is 9.60. The predicted molar refractivity (Wildman–Crippen MR) is 219 cm³/mol. The maximum absolute atomic E-state index is 14.7. The van der Waals surface area contributed by atoms with Gasteiger partial charge in [-0.05, 0) is 95.9 Å². The van der Waals surface area contributed by atoms with E-state index in [0.29, 0.717) is 38.7 Å². The van der Waals surface area contributed by atoms with Gasteiger partial charge in [-0.2, -0.15) is 0 Å². The number of hydrogen-bond donors (Lipinski definition) is 0. The minimum absolute atomic E-state index is 0.103. The summed E-state index contributed by atoms with van der Waals surface area (Å²) in [6.07, 6.45) is 0. The van der Waals surface area contributed by atoms with Gasteiger partial charge < -0.3 is 0 Å². The summed E-state index contributed by atoms with van der Waals surface area (Å²) < 4.78 is 0. The minimum Gasteiger partial charge on any atom is -0.293 e. The van der Waals surface area contributed by atoms with E-state index in [-0.39, 0.29) is 47.1 Å². The van der Waals surface area contributed by atoms with Crippen molar-refractivity contribution >= 4 is 72.2 Å². The lowest BCUT2D eigenvalue weighted by Gasteiger charge is -2.33. The third-order valence-corrected chi connectivity index (χ3v) is 12.1. The third kappa shape index (κ3) is 4.44. The van der Waals surface area contributed by atoms with E-state index in [1.54, 1.807) is 0 Å². The number of amides is 2. The van der Waals surface area contributed by atoms with Crippen LogP contribution < -0.4 is 4.90 Å². The van der Waals surface area contributed by atoms with Gasteiger partial charge in [0.05, 0.1) is 5.69 Å². The monoisotopic (exact) mass is 709 g/mol. The highest BCUT2D eigenvalue weighted by Crippen LogP contribution is 2.49. The summed E-state index contributed by atoms with van der Waals surface area (Å²) in [6, 6.07) is 27.6. The van der Waals surface area contributed by atoms with Crippen LogP contribution in [0.3, 0.4) is 0 Å². The molecule has 2 amide bonds. The molecule has 1 aliphatic heterocycles. The van der Waals surface area contributed by atoms with Crippen molar-refractivity contribution in [3.05, 3.63) is 135 Å². The number of hydrogen-bond acceptors (Lipinski definition) is 4. The first-order valence-electron chi connectivity index (χ1n) is 19.3. The van der Waals surface area contributed by atoms with Crippen LogP contribution in [0.4, 0.5) is 5.69 Å². The first kappa shape index (κ1) is 34.1. The fraction of sp³-hybridized carbons (Fsp3) is 0.265. The molecule has 2 aliphatic rings. The van der Waals surface area contributed by atoms with Gasteiger partial charge in [-0.15, -0.1) is 0 Å². The van der Waals surface area contributed by atoms with Crippen LogP contribution in [0, 0.1) is 0 Å². The number of anilines is 1. The number of carbonyl (C=O) groups excluding carboxylic acids is 4. The van der Waals surface area contributed by atoms with Crippen LogP contribution in [0.1, 0.15) is 154 Å². The molecule has 0 atom stereocenters. The highest BCUT2D eigenvalue weighted by Gasteiger charge is 2.42. The van der Waals surface area contributed by atoms with Gasteiger partial charge in [-0.25, -0.2) is 4.90 Å². The molecule has 9 rings (SSSR count). The SMILES string of the molecule is CC(C)c1cccc(C(C)C)c1C1C(=O)c2ccc3c4ccc5c6c(ccc(c7ccc(c2c37)C1=O)c64)C(=O)N(c1c(C(C)C)cccc1C(C)C)C5=O. The van der Waals surface area contributed by atoms with Gasteiger partial charge in [0.15, 0.2) is 11.6 Å². The number of fused-ring (bicyclic) bond motifs is 2. The molecule has 0 spiro atoms. The summed E-state index contributed by atoms with van der Waals surface area (Å²) >= 11 is 0. The first-order valence-corrected chi connectivity index (χ1v) is 19.3. The average Bonchev–Trinajstić information content (AvgIpc) is 3.15. The molecule has 0 saturated carbocycles. The van der Waals surface area contributed by atoms with E-state index in [1.165, 1.54) is 4.90 Å². The van der Waals surface area contributed by atoms with Crippen LogP contribution in [-0.2, 0) is 0 Å². The number of ketones is 2. The molecule has 0 radical (unpaired) electrons. The Morgan fingerprint density at radius 2 is 0.741 bits per heavy atom. The molecule has 7 aromatic carbocycles. The van der Waals surface area contributed by atoms with Gasteiger partial charge in [0.25, 0.3) is 11.8 Å². The van der Waals surface area contributed by atoms with E-state index in [0.717, 1.165) is 60.1 Å². The normalized spacial score (nSPS) is 15.0. The molecule has 1 aliphatic carbocycles. The molecule has 0 fully saturated rings. The maximum atomic E-state index is 14.7. The molecule has 5 heteroatoms. The lowest BCUT2D eigenvalue weighted by atomic mass is 9.71. The second-order valence-corrected chi connectivity index (χ2v) is 16.5. The summed E-state index contributed by atoms with van der Waals surface area (Å²) in [7, 11) is 0. The standard InChI is InChI=1S/C49H43NO4/c1-23(2)27-11-9-12-28(24(3)4)39(27)44-46(51)35-19-15-31-33-17-21-37-43-38(22-18-34(41(33)43)32-16-20-36(47(44)52)42(35)40(31)32)49(54)50(48(37)53)45-29(25(5)6)13-10-14-30(45)26(7)8/h9-26,44H,1-8H3. The van der Waals surface area contributed by atoms with Crippen molar-refractivity contribution in [3.8, 4) is 0 Å². The zero-order chi connectivity index (χ0) is 38.1. The van der Waals surface area contributed by atoms with Crippen LogP contribution in [0.25, 0.3) is 43.1 Å². The van der Waals surface area contributed by atoms with E-state index in [4.69, 9.17) is 0 Å². The summed E-state index contributed by atoms with van der Waals surface area (Å²) in [4.78, 5) is 60.1. The van der Waals surface area contributed by atoms with Gasteiger partial charge in [0.1, 0.15) is 5.92 Å². The van der Waals surface area contributed by atoms with Crippen LogP contribution in [0.5, 0.6) is 0 Å². The largest absolute Gasteiger partial charge is 0.293 e. The Hall–Kier alpha value is -5.68. The van der Waals surface area contributed by atoms with Crippen LogP contribution >= 0.6 is 0 Å². The molecule has 1 heterocycles. The summed E-state index contributed by atoms with van der Waals surface area (Å²) in [5.74, 6) is -1.41. The van der Waals surface area contributed by atoms with Gasteiger partial charge >= 0.3 is 0 Å². The van der Waals surface area contributed by atoms with E-state index in [1.807, 2.05) is 72.8 Å². The highest BCUT2D eigenvalue weighted by molar-refractivity contribution is 6.44. The van der Waals surface area contributed by atoms with Gasteiger partial charge in [-0.3, -0.25) is 19.2 Å². The number of para-hydroxylation sites is 1. The van der Waals surface area contributed by atoms with Crippen molar-refractivity contribution in [3.63, 3.8) is 0 Å². The second kappa shape index (κ2) is 11.9. The van der Waals surface area contributed by atoms with Gasteiger partial charge in [-0.1, -0.05) is 128 Å². The number of benzene rings is 7. The van der Waals surface area contributed by atoms with Crippen molar-refractivity contribution in [2.45, 2.75) is 85.0 Å². The number of nitrogens with zero attached hydrogens (tertiary/aromatic N) is 1. The van der Waals surface area contributed by atoms with Crippen molar-refractivity contribution < 1.29 is 19.2 Å². The van der Waals surface area contributed by atoms with E-state index >= 15 is 0 Å². The fourth-order valence-corrected chi connectivity index (χ4v) is 9.60. The Balaban J connectivity index is 1.28. The molecular formula is C49H43NO4. The van der Waals surface area contributed by atoms with E-state index < -0.39 is 5.92 Å². The lowest BCUT2D eigenvalue weighted by molar-refractivity contribution is 0.0849. The van der Waals surface area contributed by atoms with Crippen LogP contribution in [-0.4, -0.2) is 23.4 Å². The molecule has 7 aromatic rings. The summed E-state index contributed by atoms with van der Waals surface area (Å²) in [6.45, 7) is 16.8. The zero-order valence-corrected chi connectivity index (χ0v) is 32.0. The Bertz CT molecular complexity index is 2450. The summed E-state index contributed by atoms with van der Waals surface area (Å²) in [5.41, 5.74) is 7.63. The van der Waals surface area contributed by atoms with Crippen molar-refractivity contribution in [2.24, 2.45) is 0 Å². The molecule has 0 saturated heterocycles. The zero-order valence-electron chi connectivity index (χ0n) is 32.0. The number of Topliss-reactive ketones (excluding diaryl/α,β-unsaturated/α-hetero) is 2. The minimum atomic E-state index is -0.910. The van der Waals surface area contributed by atoms with Crippen molar-refractivity contribution in [2.75, 3.05) is 4.90 Å². The first-order chi connectivity index (χ1) is 25.8. The van der Waals surface area contributed by atoms with Gasteiger partial charge in [0.2, 0.25) is 0 Å². The van der Waals surface area contributed by atoms with Crippen molar-refractivity contribution in [1.82, 2.24) is 0 Å². The Labute approximate surface area is 315 Å². The molecule has 0 bridgehead atoms. The number of imide groups is 1. The Kier molecular flexibility index (Phi) is 7.52. The van der Waals surface area contributed by atoms with E-state index in [2.05, 4.69) is 67.5 Å². The van der Waals surface area contributed by atoms with Crippen molar-refractivity contribution in [1.29, 1.82) is 0 Å². The Morgan fingerprint density at radius 3 is 1.11 bits per heavy atom. The average molecular weight is 710 g/mol. The topological polar surface area (TPSA) is 71.5 Å². The Morgan fingerprint density at radius 1 is 0.407 bits per heavy atom. The third-order valence-electron chi connectivity index (χ3n) is 12.1. The number of carbonyl (C=O) groups is 4. The molecule has 0 N–H and O–H groups in total. The molecular weight excluding hydrogens is 667 g/mol. The van der Waals surface area contributed by atoms with Crippen LogP contribution in [0.15, 0.2) is 84.9 Å². The quantitative estimate of drug-likeness (QED) is 0.0746. The van der Waals surface area contributed by atoms with E-state index in [9.17, 15) is 19.2 Å². The molecule has 5 nitrogen and oxygen atoms in total. The maximum Gasteiger partial charge on any atom is 0.266 e. The molecule has 268 valence electrons. The smallest absolute Gasteiger partial charge is 0.266 e. The molecule has 0 aromatic heterocycles. The lowest BCUT2D eigenvalue weighted by Crippen LogP contribution is -2.41. The van der Waals surface area contributed by atoms with Gasteiger partial charge in [0, 0.05) is 33.0 Å². The highest BCUT2D eigenvalue weighted by atomic mass is 16.2. The predicted octanol–water partition coefficient (Wildman–Crippen LogP) is 12.2. The summed E-state index contributed by atoms with van der Waals surface area (Å²) in [5, 5.41) is 6.61. The second-order valence-electron chi connectivity index (χ2n) is 16.5. The molecule has 0 unspecified atom stereocenters. The van der Waals surface area contributed by atoms with Crippen LogP contribution in [0.2, 0.25) is 0 Å². The number of rotatable bonds is 6. The molecule has 54 heavy (non-hydrogen) atoms.